The molecule has 1 aromatic heterocycles. The molecule has 2 aromatic rings. The molecule has 3 rings (SSSR count). The first-order valence-corrected chi connectivity index (χ1v) is 5.59. The van der Waals surface area contributed by atoms with Crippen LogP contribution in [-0.2, 0) is 0 Å². The Morgan fingerprint density at radius 2 is 2.00 bits per heavy atom. The molecule has 1 aromatic carbocycles. The fraction of sp³-hybridized carbons (Fsp3) is 0. The molecule has 1 aliphatic rings. The Kier molecular flexibility index (Phi) is 2.04. The average molecular weight is 236 g/mol. The Hall–Kier alpha value is -1.26. The number of fused-ring (bicyclic) bond motifs is 2. The minimum absolute atomic E-state index is 0.404. The first-order chi connectivity index (χ1) is 7.33. The van der Waals surface area contributed by atoms with Gasteiger partial charge in [-0.2, -0.15) is 0 Å². The summed E-state index contributed by atoms with van der Waals surface area (Å²) >= 11 is 7.38. The maximum atomic E-state index is 5.78. The van der Waals surface area contributed by atoms with E-state index in [1.807, 2.05) is 24.3 Å². The molecule has 0 saturated heterocycles. The third-order valence-electron chi connectivity index (χ3n) is 2.09. The first kappa shape index (κ1) is 9.00. The van der Waals surface area contributed by atoms with Gasteiger partial charge >= 0.3 is 0 Å². The molecule has 0 amide bonds. The van der Waals surface area contributed by atoms with E-state index in [-0.39, 0.29) is 0 Å². The van der Waals surface area contributed by atoms with Crippen LogP contribution in [0.25, 0.3) is 0 Å². The number of nitrogens with zero attached hydrogens (tertiary/aromatic N) is 2. The molecule has 3 nitrogen and oxygen atoms in total. The normalized spacial score (nSPS) is 12.6. The van der Waals surface area contributed by atoms with Crippen LogP contribution in [0.15, 0.2) is 40.3 Å². The van der Waals surface area contributed by atoms with Crippen LogP contribution >= 0.6 is 23.4 Å². The SMILES string of the molecule is Clc1cc2c(nn1)Sc1ccccc1N2. The van der Waals surface area contributed by atoms with Crippen molar-refractivity contribution in [3.05, 3.63) is 35.5 Å². The quantitative estimate of drug-likeness (QED) is 0.649. The molecule has 74 valence electrons. The van der Waals surface area contributed by atoms with Crippen LogP contribution in [0.3, 0.4) is 0 Å². The van der Waals surface area contributed by atoms with Gasteiger partial charge in [-0.05, 0) is 12.1 Å². The van der Waals surface area contributed by atoms with Gasteiger partial charge in [0.25, 0.3) is 0 Å². The van der Waals surface area contributed by atoms with Crippen LogP contribution < -0.4 is 5.32 Å². The summed E-state index contributed by atoms with van der Waals surface area (Å²) in [6, 6.07) is 9.86. The molecule has 15 heavy (non-hydrogen) atoms. The molecular weight excluding hydrogens is 230 g/mol. The summed E-state index contributed by atoms with van der Waals surface area (Å²) in [7, 11) is 0. The van der Waals surface area contributed by atoms with Gasteiger partial charge in [-0.25, -0.2) is 0 Å². The van der Waals surface area contributed by atoms with E-state index in [1.165, 1.54) is 0 Å². The number of hydrogen-bond donors (Lipinski definition) is 1. The molecular formula is C10H6ClN3S. The Balaban J connectivity index is 2.11. The maximum absolute atomic E-state index is 5.78. The zero-order valence-electron chi connectivity index (χ0n) is 7.57. The minimum atomic E-state index is 0.404. The summed E-state index contributed by atoms with van der Waals surface area (Å²) in [5.74, 6) is 0. The second-order valence-electron chi connectivity index (χ2n) is 3.11. The summed E-state index contributed by atoms with van der Waals surface area (Å²) in [6.45, 7) is 0. The smallest absolute Gasteiger partial charge is 0.153 e. The predicted molar refractivity (Wildman–Crippen MR) is 60.9 cm³/mol. The highest BCUT2D eigenvalue weighted by Crippen LogP contribution is 2.42. The van der Waals surface area contributed by atoms with Gasteiger partial charge in [0.2, 0.25) is 0 Å². The Bertz CT molecular complexity index is 530. The average Bonchev–Trinajstić information content (AvgIpc) is 2.26. The number of aromatic nitrogens is 2. The number of rotatable bonds is 0. The van der Waals surface area contributed by atoms with Crippen molar-refractivity contribution >= 4 is 34.7 Å². The van der Waals surface area contributed by atoms with E-state index in [2.05, 4.69) is 15.5 Å². The van der Waals surface area contributed by atoms with E-state index in [9.17, 15) is 0 Å². The van der Waals surface area contributed by atoms with Crippen LogP contribution in [0, 0.1) is 0 Å². The van der Waals surface area contributed by atoms with Crippen molar-refractivity contribution < 1.29 is 0 Å². The fourth-order valence-corrected chi connectivity index (χ4v) is 2.46. The van der Waals surface area contributed by atoms with Crippen molar-refractivity contribution in [2.75, 3.05) is 5.32 Å². The molecule has 0 atom stereocenters. The molecule has 0 unspecified atom stereocenters. The molecule has 0 bridgehead atoms. The van der Waals surface area contributed by atoms with Gasteiger partial charge in [-0.3, -0.25) is 0 Å². The third kappa shape index (κ3) is 1.56. The number of para-hydroxylation sites is 1. The third-order valence-corrected chi connectivity index (χ3v) is 3.35. The highest BCUT2D eigenvalue weighted by Gasteiger charge is 2.16. The lowest BCUT2D eigenvalue weighted by molar-refractivity contribution is 0.929. The summed E-state index contributed by atoms with van der Waals surface area (Å²) in [6.07, 6.45) is 0. The molecule has 5 heteroatoms. The van der Waals surface area contributed by atoms with Gasteiger partial charge in [0.15, 0.2) is 5.15 Å². The second-order valence-corrected chi connectivity index (χ2v) is 4.53. The van der Waals surface area contributed by atoms with Gasteiger partial charge < -0.3 is 5.32 Å². The van der Waals surface area contributed by atoms with Crippen LogP contribution in [-0.4, -0.2) is 10.2 Å². The van der Waals surface area contributed by atoms with Crippen molar-refractivity contribution in [1.29, 1.82) is 0 Å². The highest BCUT2D eigenvalue weighted by atomic mass is 35.5. The largest absolute Gasteiger partial charge is 0.352 e. The number of anilines is 2. The molecule has 1 N–H and O–H groups in total. The van der Waals surface area contributed by atoms with Crippen molar-refractivity contribution in [2.24, 2.45) is 0 Å². The van der Waals surface area contributed by atoms with Crippen LogP contribution in [0.5, 0.6) is 0 Å². The molecule has 0 fully saturated rings. The standard InChI is InChI=1S/C10H6ClN3S/c11-9-5-7-10(14-13-9)15-8-4-2-1-3-6(8)12-7/h1-5,12H. The molecule has 2 heterocycles. The van der Waals surface area contributed by atoms with E-state index < -0.39 is 0 Å². The Labute approximate surface area is 95.9 Å². The summed E-state index contributed by atoms with van der Waals surface area (Å²) in [5.41, 5.74) is 2.00. The van der Waals surface area contributed by atoms with Crippen LogP contribution in [0.1, 0.15) is 0 Å². The van der Waals surface area contributed by atoms with Crippen molar-refractivity contribution in [3.8, 4) is 0 Å². The van der Waals surface area contributed by atoms with Crippen LogP contribution in [0.4, 0.5) is 11.4 Å². The first-order valence-electron chi connectivity index (χ1n) is 4.40. The number of benzene rings is 1. The van der Waals surface area contributed by atoms with Crippen molar-refractivity contribution in [1.82, 2.24) is 10.2 Å². The minimum Gasteiger partial charge on any atom is -0.352 e. The second kappa shape index (κ2) is 3.40. The van der Waals surface area contributed by atoms with Gasteiger partial charge in [0.1, 0.15) is 5.03 Å². The zero-order chi connectivity index (χ0) is 10.3. The fourth-order valence-electron chi connectivity index (χ4n) is 1.43. The van der Waals surface area contributed by atoms with E-state index in [0.29, 0.717) is 5.15 Å². The van der Waals surface area contributed by atoms with Gasteiger partial charge in [0.05, 0.1) is 11.4 Å². The summed E-state index contributed by atoms with van der Waals surface area (Å²) in [4.78, 5) is 1.15. The molecule has 0 saturated carbocycles. The lowest BCUT2D eigenvalue weighted by Crippen LogP contribution is -2.02. The van der Waals surface area contributed by atoms with E-state index in [1.54, 1.807) is 17.8 Å². The van der Waals surface area contributed by atoms with Gasteiger partial charge in [0, 0.05) is 11.0 Å². The maximum Gasteiger partial charge on any atom is 0.153 e. The van der Waals surface area contributed by atoms with Gasteiger partial charge in [-0.1, -0.05) is 35.5 Å². The van der Waals surface area contributed by atoms with Crippen molar-refractivity contribution in [2.45, 2.75) is 9.92 Å². The highest BCUT2D eigenvalue weighted by molar-refractivity contribution is 7.99. The van der Waals surface area contributed by atoms with E-state index in [4.69, 9.17) is 11.6 Å². The Morgan fingerprint density at radius 1 is 1.13 bits per heavy atom. The topological polar surface area (TPSA) is 37.8 Å². The monoisotopic (exact) mass is 235 g/mol. The Morgan fingerprint density at radius 3 is 2.93 bits per heavy atom. The number of hydrogen-bond acceptors (Lipinski definition) is 4. The molecule has 1 aliphatic heterocycles. The van der Waals surface area contributed by atoms with E-state index >= 15 is 0 Å². The molecule has 0 radical (unpaired) electrons. The lowest BCUT2D eigenvalue weighted by Gasteiger charge is -2.18. The predicted octanol–water partition coefficient (Wildman–Crippen LogP) is 3.34. The number of halogens is 1. The summed E-state index contributed by atoms with van der Waals surface area (Å²) < 4.78 is 0. The zero-order valence-corrected chi connectivity index (χ0v) is 9.14. The van der Waals surface area contributed by atoms with E-state index in [0.717, 1.165) is 21.3 Å². The molecule has 0 aliphatic carbocycles. The summed E-state index contributed by atoms with van der Waals surface area (Å²) in [5, 5.41) is 12.4. The molecule has 0 spiro atoms. The van der Waals surface area contributed by atoms with Crippen LogP contribution in [0.2, 0.25) is 5.15 Å². The van der Waals surface area contributed by atoms with Crippen molar-refractivity contribution in [3.63, 3.8) is 0 Å². The van der Waals surface area contributed by atoms with Gasteiger partial charge in [-0.15, -0.1) is 10.2 Å². The lowest BCUT2D eigenvalue weighted by atomic mass is 10.3. The number of nitrogens with one attached hydrogen (secondary N) is 1.